The summed E-state index contributed by atoms with van der Waals surface area (Å²) in [4.78, 5) is 21.4. The molecule has 0 aliphatic rings. The first-order chi connectivity index (χ1) is 8.01. The van der Waals surface area contributed by atoms with E-state index in [1.54, 1.807) is 13.0 Å². The van der Waals surface area contributed by atoms with Gasteiger partial charge in [-0.25, -0.2) is 0 Å². The van der Waals surface area contributed by atoms with E-state index >= 15 is 0 Å². The summed E-state index contributed by atoms with van der Waals surface area (Å²) in [5.74, 6) is -0.199. The van der Waals surface area contributed by atoms with E-state index in [9.17, 15) is 14.9 Å². The third kappa shape index (κ3) is 2.58. The lowest BCUT2D eigenvalue weighted by atomic mass is 10.0. The molecular formula is C11H10N2O4. The van der Waals surface area contributed by atoms with E-state index in [2.05, 4.69) is 0 Å². The Kier molecular flexibility index (Phi) is 3.78. The van der Waals surface area contributed by atoms with Crippen molar-refractivity contribution in [3.8, 4) is 11.8 Å². The lowest BCUT2D eigenvalue weighted by Gasteiger charge is -2.06. The number of rotatable bonds is 4. The third-order valence-corrected chi connectivity index (χ3v) is 2.08. The Morgan fingerprint density at radius 1 is 1.59 bits per heavy atom. The normalized spacial score (nSPS) is 9.47. The molecule has 0 radical (unpaired) electrons. The number of hydrogen-bond donors (Lipinski definition) is 0. The molecule has 0 heterocycles. The van der Waals surface area contributed by atoms with Crippen LogP contribution < -0.4 is 4.74 Å². The molecule has 88 valence electrons. The number of nitriles is 1. The summed E-state index contributed by atoms with van der Waals surface area (Å²) < 4.78 is 5.15. The first-order valence-electron chi connectivity index (χ1n) is 4.87. The van der Waals surface area contributed by atoms with Gasteiger partial charge >= 0.3 is 0 Å². The molecule has 0 atom stereocenters. The van der Waals surface area contributed by atoms with Crippen molar-refractivity contribution >= 4 is 11.5 Å². The second kappa shape index (κ2) is 5.07. The van der Waals surface area contributed by atoms with Gasteiger partial charge in [0.25, 0.3) is 5.69 Å². The molecule has 0 aromatic heterocycles. The summed E-state index contributed by atoms with van der Waals surface area (Å²) in [5.41, 5.74) is -0.757. The number of nitro groups is 1. The molecule has 0 aliphatic carbocycles. The molecular weight excluding hydrogens is 224 g/mol. The van der Waals surface area contributed by atoms with E-state index < -0.39 is 16.4 Å². The fourth-order valence-corrected chi connectivity index (χ4v) is 1.41. The number of carbonyl (C=O) groups is 1. The molecule has 0 spiro atoms. The van der Waals surface area contributed by atoms with E-state index in [1.165, 1.54) is 19.1 Å². The van der Waals surface area contributed by atoms with Crippen molar-refractivity contribution < 1.29 is 14.5 Å². The summed E-state index contributed by atoms with van der Waals surface area (Å²) in [6, 6.07) is 4.24. The van der Waals surface area contributed by atoms with Gasteiger partial charge in [-0.15, -0.1) is 0 Å². The lowest BCUT2D eigenvalue weighted by Crippen LogP contribution is -2.04. The maximum absolute atomic E-state index is 11.3. The van der Waals surface area contributed by atoms with Gasteiger partial charge in [-0.2, -0.15) is 5.26 Å². The average molecular weight is 234 g/mol. The second-order valence-electron chi connectivity index (χ2n) is 3.23. The van der Waals surface area contributed by atoms with Crippen LogP contribution in [0.5, 0.6) is 5.75 Å². The number of Topliss-reactive ketones (excluding diaryl/α,β-unsaturated/α-hetero) is 1. The fraction of sp³-hybridized carbons (Fsp3) is 0.273. The van der Waals surface area contributed by atoms with Crippen LogP contribution in [0, 0.1) is 21.4 Å². The Bertz CT molecular complexity index is 517. The summed E-state index contributed by atoms with van der Waals surface area (Å²) in [6.07, 6.45) is 0. The average Bonchev–Trinajstić information content (AvgIpc) is 2.27. The molecule has 0 fully saturated rings. The summed E-state index contributed by atoms with van der Waals surface area (Å²) in [6.45, 7) is 3.29. The van der Waals surface area contributed by atoms with Crippen molar-refractivity contribution in [2.24, 2.45) is 0 Å². The van der Waals surface area contributed by atoms with E-state index in [-0.39, 0.29) is 16.9 Å². The standard InChI is InChI=1S/C11H10N2O4/c1-3-17-9-4-8(6-12)11(13(15)16)10(5-9)7(2)14/h4-5H,3H2,1-2H3. The van der Waals surface area contributed by atoms with Crippen LogP contribution in [0.25, 0.3) is 0 Å². The molecule has 0 saturated carbocycles. The maximum atomic E-state index is 11.3. The van der Waals surface area contributed by atoms with Gasteiger partial charge in [-0.1, -0.05) is 0 Å². The highest BCUT2D eigenvalue weighted by Crippen LogP contribution is 2.29. The third-order valence-electron chi connectivity index (χ3n) is 2.08. The fourth-order valence-electron chi connectivity index (χ4n) is 1.41. The van der Waals surface area contributed by atoms with E-state index in [0.29, 0.717) is 6.61 Å². The SMILES string of the molecule is CCOc1cc(C#N)c([N+](=O)[O-])c(C(C)=O)c1. The van der Waals surface area contributed by atoms with Crippen LogP contribution in [-0.4, -0.2) is 17.3 Å². The second-order valence-corrected chi connectivity index (χ2v) is 3.23. The largest absolute Gasteiger partial charge is 0.494 e. The van der Waals surface area contributed by atoms with Gasteiger partial charge < -0.3 is 4.74 Å². The summed E-state index contributed by atoms with van der Waals surface area (Å²) in [7, 11) is 0. The Balaban J connectivity index is 3.53. The number of ether oxygens (including phenoxy) is 1. The lowest BCUT2D eigenvalue weighted by molar-refractivity contribution is -0.385. The first kappa shape index (κ1) is 12.6. The van der Waals surface area contributed by atoms with Crippen molar-refractivity contribution in [3.05, 3.63) is 33.4 Å². The quantitative estimate of drug-likeness (QED) is 0.451. The van der Waals surface area contributed by atoms with Gasteiger partial charge in [-0.05, 0) is 19.9 Å². The molecule has 0 amide bonds. The zero-order valence-corrected chi connectivity index (χ0v) is 9.39. The van der Waals surface area contributed by atoms with Crippen molar-refractivity contribution in [1.29, 1.82) is 5.26 Å². The number of hydrogen-bond acceptors (Lipinski definition) is 5. The molecule has 6 heteroatoms. The molecule has 6 nitrogen and oxygen atoms in total. The number of benzene rings is 1. The van der Waals surface area contributed by atoms with E-state index in [4.69, 9.17) is 10.00 Å². The zero-order chi connectivity index (χ0) is 13.0. The van der Waals surface area contributed by atoms with Crippen LogP contribution in [0.15, 0.2) is 12.1 Å². The van der Waals surface area contributed by atoms with E-state index in [0.717, 1.165) is 0 Å². The molecule has 0 N–H and O–H groups in total. The van der Waals surface area contributed by atoms with Gasteiger partial charge in [0.15, 0.2) is 5.78 Å². The van der Waals surface area contributed by atoms with Crippen LogP contribution in [0.3, 0.4) is 0 Å². The number of carbonyl (C=O) groups excluding carboxylic acids is 1. The molecule has 17 heavy (non-hydrogen) atoms. The predicted molar refractivity (Wildman–Crippen MR) is 59.0 cm³/mol. The van der Waals surface area contributed by atoms with Gasteiger partial charge in [-0.3, -0.25) is 14.9 Å². The molecule has 0 bridgehead atoms. The highest BCUT2D eigenvalue weighted by molar-refractivity contribution is 5.99. The van der Waals surface area contributed by atoms with Gasteiger partial charge in [0.05, 0.1) is 11.5 Å². The van der Waals surface area contributed by atoms with E-state index in [1.807, 2.05) is 0 Å². The molecule has 1 rings (SSSR count). The van der Waals surface area contributed by atoms with Crippen molar-refractivity contribution in [2.75, 3.05) is 6.61 Å². The van der Waals surface area contributed by atoms with Crippen LogP contribution in [0.1, 0.15) is 29.8 Å². The van der Waals surface area contributed by atoms with Gasteiger partial charge in [0.1, 0.15) is 22.9 Å². The van der Waals surface area contributed by atoms with Gasteiger partial charge in [0.2, 0.25) is 0 Å². The number of nitrogens with zero attached hydrogens (tertiary/aromatic N) is 2. The molecule has 1 aromatic rings. The van der Waals surface area contributed by atoms with Crippen molar-refractivity contribution in [2.45, 2.75) is 13.8 Å². The minimum atomic E-state index is -0.731. The van der Waals surface area contributed by atoms with Crippen LogP contribution >= 0.6 is 0 Å². The van der Waals surface area contributed by atoms with Crippen molar-refractivity contribution in [3.63, 3.8) is 0 Å². The number of nitro benzene ring substituents is 1. The number of ketones is 1. The van der Waals surface area contributed by atoms with Crippen LogP contribution in [-0.2, 0) is 0 Å². The molecule has 1 aromatic carbocycles. The van der Waals surface area contributed by atoms with Crippen LogP contribution in [0.2, 0.25) is 0 Å². The maximum Gasteiger partial charge on any atom is 0.298 e. The van der Waals surface area contributed by atoms with Gasteiger partial charge in [0, 0.05) is 6.07 Å². The summed E-state index contributed by atoms with van der Waals surface area (Å²) >= 11 is 0. The molecule has 0 unspecified atom stereocenters. The highest BCUT2D eigenvalue weighted by atomic mass is 16.6. The minimum Gasteiger partial charge on any atom is -0.494 e. The topological polar surface area (TPSA) is 93.2 Å². The Labute approximate surface area is 97.6 Å². The first-order valence-corrected chi connectivity index (χ1v) is 4.87. The zero-order valence-electron chi connectivity index (χ0n) is 9.39. The smallest absolute Gasteiger partial charge is 0.298 e. The summed E-state index contributed by atoms with van der Waals surface area (Å²) in [5, 5.41) is 19.7. The Morgan fingerprint density at radius 2 is 2.24 bits per heavy atom. The predicted octanol–water partition coefficient (Wildman–Crippen LogP) is 2.07. The van der Waals surface area contributed by atoms with Crippen molar-refractivity contribution in [1.82, 2.24) is 0 Å². The minimum absolute atomic E-state index is 0.113. The van der Waals surface area contributed by atoms with Crippen LogP contribution in [0.4, 0.5) is 5.69 Å². The molecule has 0 aliphatic heterocycles. The Hall–Kier alpha value is -2.42. The molecule has 0 saturated heterocycles. The monoisotopic (exact) mass is 234 g/mol. The Morgan fingerprint density at radius 3 is 2.65 bits per heavy atom. The highest BCUT2D eigenvalue weighted by Gasteiger charge is 2.24.